The number of halogens is 1. The quantitative estimate of drug-likeness (QED) is 0.785. The molecule has 0 aromatic heterocycles. The Labute approximate surface area is 118 Å². The van der Waals surface area contributed by atoms with Gasteiger partial charge in [-0.3, -0.25) is 4.72 Å². The maximum atomic E-state index is 13.1. The third-order valence-electron chi connectivity index (χ3n) is 2.87. The third-order valence-corrected chi connectivity index (χ3v) is 3.95. The Bertz CT molecular complexity index is 574. The van der Waals surface area contributed by atoms with E-state index in [1.54, 1.807) is 18.0 Å². The summed E-state index contributed by atoms with van der Waals surface area (Å²) in [4.78, 5) is 0. The van der Waals surface area contributed by atoms with E-state index in [-0.39, 0.29) is 16.6 Å². The van der Waals surface area contributed by atoms with Crippen molar-refractivity contribution >= 4 is 22.7 Å². The van der Waals surface area contributed by atoms with Gasteiger partial charge in [-0.05, 0) is 62.2 Å². The van der Waals surface area contributed by atoms with Crippen LogP contribution in [0.3, 0.4) is 0 Å². The van der Waals surface area contributed by atoms with Crippen LogP contribution in [0.4, 0.5) is 4.39 Å². The van der Waals surface area contributed by atoms with E-state index in [0.29, 0.717) is 0 Å². The second-order valence-corrected chi connectivity index (χ2v) is 7.47. The van der Waals surface area contributed by atoms with E-state index < -0.39 is 0 Å². The van der Waals surface area contributed by atoms with Crippen molar-refractivity contribution in [2.45, 2.75) is 38.5 Å². The molecule has 1 nitrogen and oxygen atoms in total. The van der Waals surface area contributed by atoms with E-state index in [1.165, 1.54) is 11.6 Å². The van der Waals surface area contributed by atoms with Crippen LogP contribution in [0.15, 0.2) is 36.4 Å². The van der Waals surface area contributed by atoms with Crippen molar-refractivity contribution in [3.05, 3.63) is 47.8 Å². The molecule has 0 spiro atoms. The third kappa shape index (κ3) is 3.95. The molecule has 3 heteroatoms. The highest BCUT2D eigenvalue weighted by Gasteiger charge is 2.13. The first-order valence-electron chi connectivity index (χ1n) is 6.48. The Morgan fingerprint density at radius 2 is 1.68 bits per heavy atom. The molecule has 0 heterocycles. The summed E-state index contributed by atoms with van der Waals surface area (Å²) in [6.07, 6.45) is 0. The van der Waals surface area contributed by atoms with Crippen LogP contribution in [0.2, 0.25) is 0 Å². The van der Waals surface area contributed by atoms with Crippen LogP contribution in [0.5, 0.6) is 0 Å². The van der Waals surface area contributed by atoms with Gasteiger partial charge in [0.25, 0.3) is 0 Å². The zero-order valence-corrected chi connectivity index (χ0v) is 12.6. The Morgan fingerprint density at radius 3 is 2.37 bits per heavy atom. The number of fused-ring (bicyclic) bond motifs is 1. The fourth-order valence-electron chi connectivity index (χ4n) is 1.84. The normalized spacial score (nSPS) is 13.7. The number of hydrogen-bond acceptors (Lipinski definition) is 2. The largest absolute Gasteiger partial charge is 0.256 e. The Hall–Kier alpha value is -1.06. The lowest BCUT2D eigenvalue weighted by Crippen LogP contribution is -2.19. The molecule has 102 valence electrons. The highest BCUT2D eigenvalue weighted by molar-refractivity contribution is 7.98. The minimum Gasteiger partial charge on any atom is -0.256 e. The van der Waals surface area contributed by atoms with Crippen LogP contribution in [0.1, 0.15) is 39.3 Å². The summed E-state index contributed by atoms with van der Waals surface area (Å²) in [5, 5.41) is 2.02. The van der Waals surface area contributed by atoms with Gasteiger partial charge >= 0.3 is 0 Å². The van der Waals surface area contributed by atoms with Crippen LogP contribution in [0.25, 0.3) is 10.8 Å². The van der Waals surface area contributed by atoms with Gasteiger partial charge in [-0.25, -0.2) is 4.39 Å². The Kier molecular flexibility index (Phi) is 4.16. The minimum absolute atomic E-state index is 0.185. The zero-order valence-electron chi connectivity index (χ0n) is 11.8. The van der Waals surface area contributed by atoms with Crippen LogP contribution >= 0.6 is 11.9 Å². The Morgan fingerprint density at radius 1 is 1.05 bits per heavy atom. The first-order chi connectivity index (χ1) is 8.85. The molecule has 0 saturated carbocycles. The van der Waals surface area contributed by atoms with E-state index in [4.69, 9.17) is 0 Å². The van der Waals surface area contributed by atoms with Crippen LogP contribution < -0.4 is 4.72 Å². The van der Waals surface area contributed by atoms with Gasteiger partial charge in [-0.1, -0.05) is 30.1 Å². The molecule has 2 aromatic rings. The van der Waals surface area contributed by atoms with Crippen molar-refractivity contribution in [2.24, 2.45) is 0 Å². The average molecular weight is 277 g/mol. The molecule has 0 radical (unpaired) electrons. The van der Waals surface area contributed by atoms with Crippen LogP contribution in [-0.2, 0) is 0 Å². The fourth-order valence-corrected chi connectivity index (χ4v) is 2.50. The van der Waals surface area contributed by atoms with Crippen LogP contribution in [0, 0.1) is 5.82 Å². The summed E-state index contributed by atoms with van der Waals surface area (Å²) in [7, 11) is 0. The molecule has 1 atom stereocenters. The molecule has 0 aliphatic carbocycles. The predicted molar refractivity (Wildman–Crippen MR) is 82.8 cm³/mol. The van der Waals surface area contributed by atoms with Gasteiger partial charge in [-0.2, -0.15) is 0 Å². The second-order valence-electron chi connectivity index (χ2n) is 5.80. The lowest BCUT2D eigenvalue weighted by Gasteiger charge is -2.22. The fraction of sp³-hybridized carbons (Fsp3) is 0.375. The molecule has 0 amide bonds. The number of benzene rings is 2. The molecular formula is C16H20FNS. The molecule has 0 unspecified atom stereocenters. The second kappa shape index (κ2) is 5.51. The maximum Gasteiger partial charge on any atom is 0.123 e. The van der Waals surface area contributed by atoms with Gasteiger partial charge in [-0.15, -0.1) is 0 Å². The summed E-state index contributed by atoms with van der Waals surface area (Å²) >= 11 is 1.73. The topological polar surface area (TPSA) is 12.0 Å². The van der Waals surface area contributed by atoms with Gasteiger partial charge < -0.3 is 0 Å². The maximum absolute atomic E-state index is 13.1. The standard InChI is InChI=1S/C16H20FNS/c1-11(18-19-16(2,3)4)12-5-6-14-10-15(17)8-7-13(14)9-12/h5-11,18H,1-4H3/t11-/m0/s1. The average Bonchev–Trinajstić information content (AvgIpc) is 2.34. The molecule has 2 rings (SSSR count). The molecule has 0 aliphatic heterocycles. The molecule has 2 aromatic carbocycles. The number of nitrogens with one attached hydrogen (secondary N) is 1. The molecule has 0 fully saturated rings. The van der Waals surface area contributed by atoms with Crippen molar-refractivity contribution in [3.8, 4) is 0 Å². The van der Waals surface area contributed by atoms with E-state index in [1.807, 2.05) is 12.1 Å². The van der Waals surface area contributed by atoms with Crippen molar-refractivity contribution in [1.29, 1.82) is 0 Å². The molecule has 0 saturated heterocycles. The van der Waals surface area contributed by atoms with Gasteiger partial charge in [0.2, 0.25) is 0 Å². The molecule has 1 N–H and O–H groups in total. The molecular weight excluding hydrogens is 257 g/mol. The van der Waals surface area contributed by atoms with Gasteiger partial charge in [0.1, 0.15) is 5.82 Å². The van der Waals surface area contributed by atoms with E-state index in [9.17, 15) is 4.39 Å². The van der Waals surface area contributed by atoms with E-state index in [2.05, 4.69) is 44.5 Å². The summed E-state index contributed by atoms with van der Waals surface area (Å²) in [5.41, 5.74) is 1.22. The first-order valence-corrected chi connectivity index (χ1v) is 7.29. The number of hydrogen-bond donors (Lipinski definition) is 1. The SMILES string of the molecule is C[C@H](NSC(C)(C)C)c1ccc2cc(F)ccc2c1. The van der Waals surface area contributed by atoms with Crippen molar-refractivity contribution < 1.29 is 4.39 Å². The minimum atomic E-state index is -0.185. The van der Waals surface area contributed by atoms with Crippen molar-refractivity contribution in [3.63, 3.8) is 0 Å². The van der Waals surface area contributed by atoms with E-state index in [0.717, 1.165) is 10.8 Å². The molecule has 19 heavy (non-hydrogen) atoms. The van der Waals surface area contributed by atoms with Crippen molar-refractivity contribution in [2.75, 3.05) is 0 Å². The summed E-state index contributed by atoms with van der Waals surface area (Å²) in [6.45, 7) is 8.69. The zero-order chi connectivity index (χ0) is 14.0. The highest BCUT2D eigenvalue weighted by atomic mass is 32.2. The first kappa shape index (κ1) is 14.4. The summed E-state index contributed by atoms with van der Waals surface area (Å²) < 4.78 is 16.8. The van der Waals surface area contributed by atoms with Gasteiger partial charge in [0.05, 0.1) is 0 Å². The van der Waals surface area contributed by atoms with Gasteiger partial charge in [0.15, 0.2) is 0 Å². The van der Waals surface area contributed by atoms with Crippen LogP contribution in [-0.4, -0.2) is 4.75 Å². The Balaban J connectivity index is 2.18. The van der Waals surface area contributed by atoms with E-state index >= 15 is 0 Å². The summed E-state index contributed by atoms with van der Waals surface area (Å²) in [5.74, 6) is -0.185. The predicted octanol–water partition coefficient (Wildman–Crippen LogP) is 5.08. The van der Waals surface area contributed by atoms with Gasteiger partial charge in [0, 0.05) is 10.8 Å². The summed E-state index contributed by atoms with van der Waals surface area (Å²) in [6, 6.07) is 11.3. The monoisotopic (exact) mass is 277 g/mol. The van der Waals surface area contributed by atoms with Crippen molar-refractivity contribution in [1.82, 2.24) is 4.72 Å². The number of rotatable bonds is 3. The smallest absolute Gasteiger partial charge is 0.123 e. The molecule has 0 bridgehead atoms. The highest BCUT2D eigenvalue weighted by Crippen LogP contribution is 2.26. The molecule has 0 aliphatic rings. The lowest BCUT2D eigenvalue weighted by molar-refractivity contribution is 0.629. The lowest BCUT2D eigenvalue weighted by atomic mass is 10.0.